The lowest BCUT2D eigenvalue weighted by molar-refractivity contribution is 0.313. The van der Waals surface area contributed by atoms with Gasteiger partial charge in [-0.15, -0.1) is 0 Å². The molecule has 1 fully saturated rings. The number of nitrogens with zero attached hydrogens (tertiary/aromatic N) is 2. The maximum Gasteiger partial charge on any atom is 0.200 e. The summed E-state index contributed by atoms with van der Waals surface area (Å²) < 4.78 is 19.6. The van der Waals surface area contributed by atoms with Gasteiger partial charge in [-0.1, -0.05) is 6.07 Å². The van der Waals surface area contributed by atoms with E-state index in [1.54, 1.807) is 12.1 Å². The van der Waals surface area contributed by atoms with Crippen molar-refractivity contribution >= 4 is 27.6 Å². The molecule has 5 heteroatoms. The van der Waals surface area contributed by atoms with E-state index in [9.17, 15) is 9.18 Å². The summed E-state index contributed by atoms with van der Waals surface area (Å²) in [5, 5.41) is 0.769. The summed E-state index contributed by atoms with van der Waals surface area (Å²) in [6.07, 6.45) is 0. The molecule has 0 saturated carbocycles. The minimum atomic E-state index is -0.508. The molecule has 2 heterocycles. The summed E-state index contributed by atoms with van der Waals surface area (Å²) >= 11 is 0. The molecule has 2 aromatic carbocycles. The van der Waals surface area contributed by atoms with Crippen molar-refractivity contribution in [1.82, 2.24) is 4.90 Å². The molecule has 0 spiro atoms. The second kappa shape index (κ2) is 5.35. The number of piperazine rings is 1. The molecule has 0 unspecified atom stereocenters. The first kappa shape index (κ1) is 14.2. The van der Waals surface area contributed by atoms with Gasteiger partial charge in [0.05, 0.1) is 10.8 Å². The molecule has 4 nitrogen and oxygen atoms in total. The van der Waals surface area contributed by atoms with E-state index in [4.69, 9.17) is 4.42 Å². The van der Waals surface area contributed by atoms with Crippen LogP contribution in [0.15, 0.2) is 45.6 Å². The molecule has 118 valence electrons. The van der Waals surface area contributed by atoms with Crippen molar-refractivity contribution in [2.24, 2.45) is 0 Å². The number of halogens is 1. The van der Waals surface area contributed by atoms with Crippen LogP contribution >= 0.6 is 0 Å². The average molecular weight is 312 g/mol. The molecule has 1 aromatic heterocycles. The van der Waals surface area contributed by atoms with Crippen LogP contribution in [0.5, 0.6) is 0 Å². The van der Waals surface area contributed by atoms with Gasteiger partial charge >= 0.3 is 0 Å². The number of rotatable bonds is 1. The molecule has 3 aromatic rings. The lowest BCUT2D eigenvalue weighted by atomic mass is 10.1. The quantitative estimate of drug-likeness (QED) is 0.648. The van der Waals surface area contributed by atoms with Crippen LogP contribution in [0.1, 0.15) is 0 Å². The highest BCUT2D eigenvalue weighted by molar-refractivity contribution is 5.91. The highest BCUT2D eigenvalue weighted by atomic mass is 19.1. The van der Waals surface area contributed by atoms with Gasteiger partial charge in [-0.3, -0.25) is 4.79 Å². The van der Waals surface area contributed by atoms with Gasteiger partial charge in [-0.05, 0) is 31.3 Å². The van der Waals surface area contributed by atoms with Crippen molar-refractivity contribution in [2.45, 2.75) is 0 Å². The van der Waals surface area contributed by atoms with Gasteiger partial charge in [-0.25, -0.2) is 4.39 Å². The van der Waals surface area contributed by atoms with Crippen LogP contribution in [0.25, 0.3) is 21.9 Å². The van der Waals surface area contributed by atoms with Crippen molar-refractivity contribution in [3.05, 3.63) is 52.4 Å². The summed E-state index contributed by atoms with van der Waals surface area (Å²) in [4.78, 5) is 17.1. The molecule has 0 aliphatic carbocycles. The molecule has 0 bridgehead atoms. The minimum Gasteiger partial charge on any atom is -0.453 e. The molecule has 1 saturated heterocycles. The highest BCUT2D eigenvalue weighted by Crippen LogP contribution is 2.25. The molecule has 0 amide bonds. The molecule has 23 heavy (non-hydrogen) atoms. The molecule has 1 aliphatic rings. The Morgan fingerprint density at radius 2 is 1.83 bits per heavy atom. The predicted octanol–water partition coefficient (Wildman–Crippen LogP) is 2.84. The Morgan fingerprint density at radius 1 is 1.04 bits per heavy atom. The fourth-order valence-electron chi connectivity index (χ4n) is 3.09. The maximum absolute atomic E-state index is 13.9. The van der Waals surface area contributed by atoms with Crippen molar-refractivity contribution in [1.29, 1.82) is 0 Å². The van der Waals surface area contributed by atoms with Crippen molar-refractivity contribution in [2.75, 3.05) is 38.1 Å². The summed E-state index contributed by atoms with van der Waals surface area (Å²) in [5.41, 5.74) is 1.28. The van der Waals surface area contributed by atoms with Crippen molar-refractivity contribution in [3.8, 4) is 0 Å². The van der Waals surface area contributed by atoms with Gasteiger partial charge in [0.2, 0.25) is 5.43 Å². The Bertz CT molecular complexity index is 943. The zero-order chi connectivity index (χ0) is 16.0. The minimum absolute atomic E-state index is 0.0283. The van der Waals surface area contributed by atoms with E-state index in [1.165, 1.54) is 12.1 Å². The van der Waals surface area contributed by atoms with Crippen LogP contribution < -0.4 is 10.3 Å². The summed E-state index contributed by atoms with van der Waals surface area (Å²) in [5.74, 6) is -0.508. The van der Waals surface area contributed by atoms with Crippen molar-refractivity contribution < 1.29 is 8.81 Å². The monoisotopic (exact) mass is 312 g/mol. The number of anilines is 1. The van der Waals surface area contributed by atoms with Crippen molar-refractivity contribution in [3.63, 3.8) is 0 Å². The number of para-hydroxylation sites is 1. The summed E-state index contributed by atoms with van der Waals surface area (Å²) in [6.45, 7) is 3.84. The molecule has 1 aliphatic heterocycles. The van der Waals surface area contributed by atoms with Crippen LogP contribution in [0.2, 0.25) is 0 Å². The van der Waals surface area contributed by atoms with E-state index in [0.29, 0.717) is 11.0 Å². The van der Waals surface area contributed by atoms with Crippen LogP contribution in [0.3, 0.4) is 0 Å². The van der Waals surface area contributed by atoms with Gasteiger partial charge in [0, 0.05) is 37.9 Å². The second-order valence-electron chi connectivity index (χ2n) is 6.02. The van der Waals surface area contributed by atoms with Crippen LogP contribution in [0.4, 0.5) is 10.1 Å². The summed E-state index contributed by atoms with van der Waals surface area (Å²) in [7, 11) is 2.10. The first-order valence-electron chi connectivity index (χ1n) is 7.72. The normalized spacial score (nSPS) is 16.3. The fraction of sp³-hybridized carbons (Fsp3) is 0.278. The van der Waals surface area contributed by atoms with E-state index in [-0.39, 0.29) is 16.4 Å². The first-order chi connectivity index (χ1) is 11.1. The number of likely N-dealkylation sites (N-methyl/N-ethyl adjacent to an activating group) is 1. The lowest BCUT2D eigenvalue weighted by Crippen LogP contribution is -2.44. The third-order valence-electron chi connectivity index (χ3n) is 4.50. The van der Waals surface area contributed by atoms with Gasteiger partial charge in [0.25, 0.3) is 0 Å². The smallest absolute Gasteiger partial charge is 0.200 e. The largest absolute Gasteiger partial charge is 0.453 e. The van der Waals surface area contributed by atoms with Gasteiger partial charge < -0.3 is 14.2 Å². The number of hydrogen-bond acceptors (Lipinski definition) is 4. The number of benzene rings is 2. The molecule has 0 radical (unpaired) electrons. The Morgan fingerprint density at radius 3 is 2.61 bits per heavy atom. The van der Waals surface area contributed by atoms with Crippen LogP contribution in [-0.4, -0.2) is 38.1 Å². The second-order valence-corrected chi connectivity index (χ2v) is 6.02. The number of fused-ring (bicyclic) bond motifs is 2. The SMILES string of the molecule is CN1CCN(c2ccc3c(=O)c4cccc(F)c4oc3c2)CC1. The zero-order valence-corrected chi connectivity index (χ0v) is 12.9. The van der Waals surface area contributed by atoms with E-state index in [1.807, 2.05) is 12.1 Å². The fourth-order valence-corrected chi connectivity index (χ4v) is 3.09. The predicted molar refractivity (Wildman–Crippen MR) is 89.7 cm³/mol. The highest BCUT2D eigenvalue weighted by Gasteiger charge is 2.16. The molecule has 0 N–H and O–H groups in total. The van der Waals surface area contributed by atoms with E-state index >= 15 is 0 Å². The average Bonchev–Trinajstić information content (AvgIpc) is 2.56. The van der Waals surface area contributed by atoms with Gasteiger partial charge in [0.15, 0.2) is 11.4 Å². The maximum atomic E-state index is 13.9. The Kier molecular flexibility index (Phi) is 3.31. The molecular weight excluding hydrogens is 295 g/mol. The Hall–Kier alpha value is -2.40. The Labute approximate surface area is 132 Å². The van der Waals surface area contributed by atoms with Gasteiger partial charge in [-0.2, -0.15) is 0 Å². The Balaban J connectivity index is 1.87. The molecule has 4 rings (SSSR count). The topological polar surface area (TPSA) is 36.7 Å². The molecule has 0 atom stereocenters. The molecular formula is C18H17FN2O2. The van der Waals surface area contributed by atoms with E-state index in [0.717, 1.165) is 31.9 Å². The van der Waals surface area contributed by atoms with Crippen LogP contribution in [-0.2, 0) is 0 Å². The lowest BCUT2D eigenvalue weighted by Gasteiger charge is -2.34. The van der Waals surface area contributed by atoms with E-state index < -0.39 is 5.82 Å². The van der Waals surface area contributed by atoms with Gasteiger partial charge in [0.1, 0.15) is 5.58 Å². The third kappa shape index (κ3) is 2.37. The zero-order valence-electron chi connectivity index (χ0n) is 12.9. The standard InChI is InChI=1S/C18H17FN2O2/c1-20-7-9-21(10-8-20)12-5-6-13-16(11-12)23-18-14(17(13)22)3-2-4-15(18)19/h2-6,11H,7-10H2,1H3. The summed E-state index contributed by atoms with van der Waals surface area (Å²) in [6, 6.07) is 9.99. The van der Waals surface area contributed by atoms with E-state index in [2.05, 4.69) is 16.8 Å². The number of hydrogen-bond donors (Lipinski definition) is 0. The third-order valence-corrected chi connectivity index (χ3v) is 4.50. The first-order valence-corrected chi connectivity index (χ1v) is 7.72. The van der Waals surface area contributed by atoms with Crippen LogP contribution in [0, 0.1) is 5.82 Å².